The van der Waals surface area contributed by atoms with Crippen LogP contribution >= 0.6 is 23.1 Å². The highest BCUT2D eigenvalue weighted by atomic mass is 32.2. The number of aromatic nitrogens is 1. The van der Waals surface area contributed by atoms with E-state index in [2.05, 4.69) is 10.3 Å². The SMILES string of the molecule is NC(=O)c1cc(NC(=O)CSc2nc3ccccc3s2)ccc1F. The molecule has 0 fully saturated rings. The number of hydrogen-bond donors (Lipinski definition) is 2. The van der Waals surface area contributed by atoms with E-state index in [-0.39, 0.29) is 17.2 Å². The zero-order valence-corrected chi connectivity index (χ0v) is 13.9. The predicted molar refractivity (Wildman–Crippen MR) is 93.9 cm³/mol. The lowest BCUT2D eigenvalue weighted by Crippen LogP contribution is -2.17. The van der Waals surface area contributed by atoms with Crippen molar-refractivity contribution in [1.29, 1.82) is 0 Å². The van der Waals surface area contributed by atoms with E-state index in [1.807, 2.05) is 24.3 Å². The van der Waals surface area contributed by atoms with E-state index in [1.54, 1.807) is 0 Å². The van der Waals surface area contributed by atoms with Gasteiger partial charge in [0, 0.05) is 5.69 Å². The molecule has 122 valence electrons. The second kappa shape index (κ2) is 6.98. The Morgan fingerprint density at radius 2 is 2.04 bits per heavy atom. The van der Waals surface area contributed by atoms with Gasteiger partial charge in [-0.05, 0) is 30.3 Å². The van der Waals surface area contributed by atoms with Crippen molar-refractivity contribution in [3.8, 4) is 0 Å². The van der Waals surface area contributed by atoms with Crippen LogP contribution in [-0.4, -0.2) is 22.6 Å². The first-order chi connectivity index (χ1) is 11.5. The van der Waals surface area contributed by atoms with Gasteiger partial charge < -0.3 is 11.1 Å². The topological polar surface area (TPSA) is 85.1 Å². The highest BCUT2D eigenvalue weighted by Crippen LogP contribution is 2.29. The molecule has 3 aromatic rings. The number of thioether (sulfide) groups is 1. The van der Waals surface area contributed by atoms with Crippen LogP contribution in [0.3, 0.4) is 0 Å². The van der Waals surface area contributed by atoms with Crippen LogP contribution in [0.25, 0.3) is 10.2 Å². The number of para-hydroxylation sites is 1. The van der Waals surface area contributed by atoms with E-state index in [0.717, 1.165) is 20.6 Å². The molecule has 3 N–H and O–H groups in total. The van der Waals surface area contributed by atoms with Gasteiger partial charge >= 0.3 is 0 Å². The molecule has 2 aromatic carbocycles. The molecule has 3 rings (SSSR count). The number of benzene rings is 2. The number of hydrogen-bond acceptors (Lipinski definition) is 5. The van der Waals surface area contributed by atoms with Crippen molar-refractivity contribution >= 4 is 50.8 Å². The number of nitrogens with one attached hydrogen (secondary N) is 1. The van der Waals surface area contributed by atoms with Gasteiger partial charge in [-0.1, -0.05) is 23.9 Å². The first-order valence-electron chi connectivity index (χ1n) is 6.90. The van der Waals surface area contributed by atoms with Crippen LogP contribution in [0.2, 0.25) is 0 Å². The number of rotatable bonds is 5. The number of primary amides is 1. The Labute approximate surface area is 145 Å². The molecule has 0 radical (unpaired) electrons. The molecule has 0 saturated heterocycles. The van der Waals surface area contributed by atoms with Crippen LogP contribution in [0, 0.1) is 5.82 Å². The quantitative estimate of drug-likeness (QED) is 0.683. The summed E-state index contributed by atoms with van der Waals surface area (Å²) in [6.07, 6.45) is 0. The molecule has 0 aliphatic carbocycles. The van der Waals surface area contributed by atoms with Crippen LogP contribution in [-0.2, 0) is 4.79 Å². The molecule has 1 aromatic heterocycles. The van der Waals surface area contributed by atoms with E-state index >= 15 is 0 Å². The number of carbonyl (C=O) groups is 2. The number of amides is 2. The summed E-state index contributed by atoms with van der Waals surface area (Å²) in [5, 5.41) is 2.61. The number of carbonyl (C=O) groups excluding carboxylic acids is 2. The van der Waals surface area contributed by atoms with Crippen LogP contribution in [0.5, 0.6) is 0 Å². The molecule has 0 atom stereocenters. The summed E-state index contributed by atoms with van der Waals surface area (Å²) in [6.45, 7) is 0. The standard InChI is InChI=1S/C16H12FN3O2S2/c17-11-6-5-9(7-10(11)15(18)22)19-14(21)8-23-16-20-12-3-1-2-4-13(12)24-16/h1-7H,8H2,(H2,18,22)(H,19,21). The zero-order valence-electron chi connectivity index (χ0n) is 12.3. The minimum absolute atomic E-state index is 0.156. The van der Waals surface area contributed by atoms with Crippen LogP contribution in [0.15, 0.2) is 46.8 Å². The minimum Gasteiger partial charge on any atom is -0.366 e. The minimum atomic E-state index is -0.882. The average Bonchev–Trinajstić information content (AvgIpc) is 2.97. The van der Waals surface area contributed by atoms with Crippen molar-refractivity contribution in [2.75, 3.05) is 11.1 Å². The summed E-state index contributed by atoms with van der Waals surface area (Å²) in [5.74, 6) is -1.72. The number of fused-ring (bicyclic) bond motifs is 1. The largest absolute Gasteiger partial charge is 0.366 e. The van der Waals surface area contributed by atoms with Crippen LogP contribution < -0.4 is 11.1 Å². The van der Waals surface area contributed by atoms with E-state index in [4.69, 9.17) is 5.73 Å². The monoisotopic (exact) mass is 361 g/mol. The Balaban J connectivity index is 1.63. The Bertz CT molecular complexity index is 894. The molecule has 0 aliphatic rings. The lowest BCUT2D eigenvalue weighted by molar-refractivity contribution is -0.113. The third-order valence-corrected chi connectivity index (χ3v) is 5.30. The van der Waals surface area contributed by atoms with Crippen LogP contribution in [0.4, 0.5) is 10.1 Å². The number of thiazole rings is 1. The maximum atomic E-state index is 13.4. The normalized spacial score (nSPS) is 10.7. The summed E-state index contributed by atoms with van der Waals surface area (Å²) in [7, 11) is 0. The molecular weight excluding hydrogens is 349 g/mol. The Hall–Kier alpha value is -2.45. The molecule has 8 heteroatoms. The summed E-state index contributed by atoms with van der Waals surface area (Å²) < 4.78 is 15.3. The number of nitrogens with two attached hydrogens (primary N) is 1. The van der Waals surface area contributed by atoms with E-state index < -0.39 is 11.7 Å². The molecule has 0 spiro atoms. The van der Waals surface area contributed by atoms with Gasteiger partial charge in [-0.2, -0.15) is 0 Å². The molecule has 1 heterocycles. The first kappa shape index (κ1) is 16.4. The van der Waals surface area contributed by atoms with Gasteiger partial charge in [-0.25, -0.2) is 9.37 Å². The predicted octanol–water partition coefficient (Wildman–Crippen LogP) is 3.27. The Morgan fingerprint density at radius 3 is 2.79 bits per heavy atom. The fraction of sp³-hybridized carbons (Fsp3) is 0.0625. The number of halogens is 1. The summed E-state index contributed by atoms with van der Waals surface area (Å²) in [4.78, 5) is 27.5. The number of nitrogens with zero attached hydrogens (tertiary/aromatic N) is 1. The second-order valence-corrected chi connectivity index (χ2v) is 7.10. The van der Waals surface area contributed by atoms with Crippen molar-refractivity contribution in [1.82, 2.24) is 4.98 Å². The van der Waals surface area contributed by atoms with E-state index in [0.29, 0.717) is 5.69 Å². The van der Waals surface area contributed by atoms with Crippen molar-refractivity contribution in [2.24, 2.45) is 5.73 Å². The second-order valence-electron chi connectivity index (χ2n) is 4.84. The van der Waals surface area contributed by atoms with Crippen molar-refractivity contribution in [3.05, 3.63) is 53.8 Å². The molecule has 0 bridgehead atoms. The van der Waals surface area contributed by atoms with Crippen molar-refractivity contribution < 1.29 is 14.0 Å². The highest BCUT2D eigenvalue weighted by Gasteiger charge is 2.12. The molecule has 24 heavy (non-hydrogen) atoms. The molecule has 0 saturated carbocycles. The lowest BCUT2D eigenvalue weighted by Gasteiger charge is -2.06. The highest BCUT2D eigenvalue weighted by molar-refractivity contribution is 8.01. The van der Waals surface area contributed by atoms with E-state index in [1.165, 1.54) is 35.2 Å². The smallest absolute Gasteiger partial charge is 0.251 e. The fourth-order valence-corrected chi connectivity index (χ4v) is 3.90. The van der Waals surface area contributed by atoms with Gasteiger partial charge in [-0.15, -0.1) is 11.3 Å². The lowest BCUT2D eigenvalue weighted by atomic mass is 10.2. The zero-order chi connectivity index (χ0) is 17.1. The van der Waals surface area contributed by atoms with Crippen molar-refractivity contribution in [2.45, 2.75) is 4.34 Å². The van der Waals surface area contributed by atoms with Gasteiger partial charge in [0.25, 0.3) is 5.91 Å². The summed E-state index contributed by atoms with van der Waals surface area (Å²) >= 11 is 2.83. The van der Waals surface area contributed by atoms with Gasteiger partial charge in [0.1, 0.15) is 5.82 Å². The third kappa shape index (κ3) is 3.72. The van der Waals surface area contributed by atoms with Gasteiger partial charge in [0.2, 0.25) is 5.91 Å². The van der Waals surface area contributed by atoms with Gasteiger partial charge in [-0.3, -0.25) is 9.59 Å². The molecule has 0 aliphatic heterocycles. The fourth-order valence-electron chi connectivity index (χ4n) is 2.03. The summed E-state index contributed by atoms with van der Waals surface area (Å²) in [5.41, 5.74) is 6.04. The van der Waals surface area contributed by atoms with Gasteiger partial charge in [0.05, 0.1) is 21.5 Å². The first-order valence-corrected chi connectivity index (χ1v) is 8.71. The van der Waals surface area contributed by atoms with Crippen molar-refractivity contribution in [3.63, 3.8) is 0 Å². The third-order valence-electron chi connectivity index (χ3n) is 3.12. The maximum Gasteiger partial charge on any atom is 0.251 e. The Morgan fingerprint density at radius 1 is 1.25 bits per heavy atom. The molecular formula is C16H12FN3O2S2. The van der Waals surface area contributed by atoms with Gasteiger partial charge in [0.15, 0.2) is 4.34 Å². The Kier molecular flexibility index (Phi) is 4.77. The molecule has 2 amide bonds. The number of anilines is 1. The maximum absolute atomic E-state index is 13.4. The molecule has 0 unspecified atom stereocenters. The van der Waals surface area contributed by atoms with Crippen LogP contribution in [0.1, 0.15) is 10.4 Å². The molecule has 5 nitrogen and oxygen atoms in total. The summed E-state index contributed by atoms with van der Waals surface area (Å²) in [6, 6.07) is 11.4. The average molecular weight is 361 g/mol. The van der Waals surface area contributed by atoms with E-state index in [9.17, 15) is 14.0 Å².